The smallest absolute Gasteiger partial charge is 0.416 e. The van der Waals surface area contributed by atoms with Gasteiger partial charge in [0.1, 0.15) is 5.75 Å². The number of ether oxygens (including phenoxy) is 1. The van der Waals surface area contributed by atoms with E-state index in [4.69, 9.17) is 16.3 Å². The molecule has 0 radical (unpaired) electrons. The predicted octanol–water partition coefficient (Wildman–Crippen LogP) is 9.22. The van der Waals surface area contributed by atoms with Crippen LogP contribution >= 0.6 is 11.6 Å². The summed E-state index contributed by atoms with van der Waals surface area (Å²) in [5.41, 5.74) is -0.236. The van der Waals surface area contributed by atoms with Crippen LogP contribution in [0.3, 0.4) is 0 Å². The van der Waals surface area contributed by atoms with Gasteiger partial charge in [0, 0.05) is 5.92 Å². The summed E-state index contributed by atoms with van der Waals surface area (Å²) >= 11 is 6.33. The topological polar surface area (TPSA) is 66.8 Å². The fraction of sp³-hybridized carbons (Fsp3) is 0.471. The van der Waals surface area contributed by atoms with E-state index in [1.54, 1.807) is 12.1 Å². The van der Waals surface area contributed by atoms with E-state index < -0.39 is 58.7 Å². The first-order valence-corrected chi connectivity index (χ1v) is 15.6. The molecule has 2 saturated heterocycles. The number of halogens is 7. The summed E-state index contributed by atoms with van der Waals surface area (Å²) in [6.07, 6.45) is -5.62. The number of benzene rings is 2. The number of amides is 2. The minimum Gasteiger partial charge on any atom is -0.508 e. The number of nitrogens with zero attached hydrogens (tertiary/aromatic N) is 1. The molecule has 248 valence electrons. The van der Waals surface area contributed by atoms with Crippen molar-refractivity contribution < 1.29 is 45.8 Å². The number of aromatic hydroxyl groups is 1. The Balaban J connectivity index is 1.45. The number of carbonyl (C=O) groups excluding carboxylic acids is 2. The molecular weight excluding hydrogens is 636 g/mol. The number of fused-ring (bicyclic) bond motifs is 3. The number of anilines is 1. The normalized spacial score (nSPS) is 23.9. The van der Waals surface area contributed by atoms with Gasteiger partial charge in [-0.25, -0.2) is 4.90 Å². The minimum absolute atomic E-state index is 0.0234. The summed E-state index contributed by atoms with van der Waals surface area (Å²) in [6.45, 7) is 6.06. The summed E-state index contributed by atoms with van der Waals surface area (Å²) in [5, 5.41) is 10.1. The molecule has 5 nitrogen and oxygen atoms in total. The standard InChI is InChI=1S/C34H34ClF6NO4/c1-4-5-18(10-19-7-8-23(43)14-27(19)35)6-9-28-29-24(17(2)3)15-25-30(26(29)16-46-28)32(45)42(31(25)44)22-12-20(33(36,37)38)11-21(13-22)34(39,40)41/h7-8,10-14,17,25-26,28,30,43H,4-6,9,15-16H2,1-3H3/b18-10+/t25-,26+,28-,30-/m1/s1. The number of hydrogen-bond donors (Lipinski definition) is 1. The van der Waals surface area contributed by atoms with Gasteiger partial charge in [0.15, 0.2) is 0 Å². The first kappa shape index (κ1) is 34.0. The SMILES string of the molecule is CCC/C(=C\c1ccc(O)cc1Cl)CC[C@H]1OC[C@H]2C1=C(C(C)C)C[C@H]1C(=O)N(c3cc(C(F)(F)F)cc(C(F)(F)F)c3)C(=O)[C@H]12. The molecule has 46 heavy (non-hydrogen) atoms. The number of carbonyl (C=O) groups is 2. The van der Waals surface area contributed by atoms with Crippen molar-refractivity contribution in [2.45, 2.75) is 71.3 Å². The van der Waals surface area contributed by atoms with Crippen molar-refractivity contribution in [3.63, 3.8) is 0 Å². The molecule has 0 saturated carbocycles. The number of hydrogen-bond acceptors (Lipinski definition) is 4. The molecule has 0 spiro atoms. The molecule has 5 rings (SSSR count). The second kappa shape index (κ2) is 12.7. The molecule has 1 aliphatic carbocycles. The molecule has 0 aromatic heterocycles. The van der Waals surface area contributed by atoms with E-state index in [9.17, 15) is 41.0 Å². The highest BCUT2D eigenvalue weighted by Crippen LogP contribution is 2.52. The molecule has 0 bridgehead atoms. The first-order valence-electron chi connectivity index (χ1n) is 15.2. The molecule has 3 aliphatic rings. The average molecular weight is 670 g/mol. The van der Waals surface area contributed by atoms with E-state index in [-0.39, 0.29) is 36.9 Å². The average Bonchev–Trinajstić information content (AvgIpc) is 3.49. The molecule has 2 aromatic carbocycles. The second-order valence-corrected chi connectivity index (χ2v) is 12.9. The van der Waals surface area contributed by atoms with Crippen molar-refractivity contribution in [1.82, 2.24) is 0 Å². The molecule has 2 heterocycles. The Labute approximate surface area is 267 Å². The molecule has 2 amide bonds. The Morgan fingerprint density at radius 2 is 1.65 bits per heavy atom. The van der Waals surface area contributed by atoms with Gasteiger partial charge in [-0.3, -0.25) is 9.59 Å². The van der Waals surface area contributed by atoms with Gasteiger partial charge >= 0.3 is 12.4 Å². The fourth-order valence-electron chi connectivity index (χ4n) is 7.04. The molecule has 1 N–H and O–H groups in total. The maximum atomic E-state index is 13.8. The Hall–Kier alpha value is -3.31. The lowest BCUT2D eigenvalue weighted by Crippen LogP contribution is -2.35. The fourth-order valence-corrected chi connectivity index (χ4v) is 7.27. The maximum Gasteiger partial charge on any atom is 0.416 e. The third-order valence-corrected chi connectivity index (χ3v) is 9.44. The van der Waals surface area contributed by atoms with Crippen LogP contribution in [-0.2, 0) is 26.7 Å². The van der Waals surface area contributed by atoms with Gasteiger partial charge in [0.25, 0.3) is 0 Å². The largest absolute Gasteiger partial charge is 0.508 e. The number of phenols is 1. The lowest BCUT2D eigenvalue weighted by molar-refractivity contribution is -0.143. The summed E-state index contributed by atoms with van der Waals surface area (Å²) in [6, 6.07) is 5.58. The quantitative estimate of drug-likeness (QED) is 0.173. The number of allylic oxidation sites excluding steroid dienone is 2. The molecule has 12 heteroatoms. The number of phenolic OH excluding ortho intramolecular Hbond substituents is 1. The zero-order valence-corrected chi connectivity index (χ0v) is 26.2. The Kier molecular flexibility index (Phi) is 9.41. The van der Waals surface area contributed by atoms with Gasteiger partial charge in [0.2, 0.25) is 11.8 Å². The zero-order chi connectivity index (χ0) is 33.7. The highest BCUT2D eigenvalue weighted by atomic mass is 35.5. The Bertz CT molecular complexity index is 1560. The van der Waals surface area contributed by atoms with Crippen LogP contribution in [0.5, 0.6) is 5.75 Å². The van der Waals surface area contributed by atoms with Gasteiger partial charge in [-0.1, -0.05) is 56.0 Å². The molecule has 2 fully saturated rings. The Morgan fingerprint density at radius 3 is 2.22 bits per heavy atom. The summed E-state index contributed by atoms with van der Waals surface area (Å²) in [5.74, 6) is -4.00. The highest BCUT2D eigenvalue weighted by Gasteiger charge is 2.58. The van der Waals surface area contributed by atoms with Crippen LogP contribution in [0.1, 0.15) is 69.6 Å². The lowest BCUT2D eigenvalue weighted by atomic mass is 9.67. The third kappa shape index (κ3) is 6.58. The zero-order valence-electron chi connectivity index (χ0n) is 25.4. The van der Waals surface area contributed by atoms with Crippen molar-refractivity contribution in [1.29, 1.82) is 0 Å². The van der Waals surface area contributed by atoms with Gasteiger partial charge in [0.05, 0.1) is 46.4 Å². The van der Waals surface area contributed by atoms with Crippen molar-refractivity contribution >= 4 is 35.2 Å². The van der Waals surface area contributed by atoms with E-state index in [1.165, 1.54) is 6.07 Å². The van der Waals surface area contributed by atoms with Gasteiger partial charge in [-0.15, -0.1) is 0 Å². The first-order chi connectivity index (χ1) is 21.5. The van der Waals surface area contributed by atoms with Crippen molar-refractivity contribution in [3.8, 4) is 5.75 Å². The van der Waals surface area contributed by atoms with Crippen LogP contribution in [0.15, 0.2) is 53.1 Å². The number of rotatable bonds is 8. The molecule has 0 unspecified atom stereocenters. The molecular formula is C34H34ClF6NO4. The lowest BCUT2D eigenvalue weighted by Gasteiger charge is -2.33. The third-order valence-electron chi connectivity index (χ3n) is 9.11. The number of imide groups is 1. The van der Waals surface area contributed by atoms with Crippen molar-refractivity contribution in [3.05, 3.63) is 74.8 Å². The molecule has 4 atom stereocenters. The van der Waals surface area contributed by atoms with E-state index in [1.807, 2.05) is 26.8 Å². The van der Waals surface area contributed by atoms with Crippen LogP contribution < -0.4 is 4.90 Å². The van der Waals surface area contributed by atoms with E-state index in [0.29, 0.717) is 34.9 Å². The van der Waals surface area contributed by atoms with Crippen molar-refractivity contribution in [2.75, 3.05) is 11.5 Å². The molecule has 2 aliphatic heterocycles. The summed E-state index contributed by atoms with van der Waals surface area (Å²) < 4.78 is 87.9. The van der Waals surface area contributed by atoms with Crippen LogP contribution in [0.25, 0.3) is 6.08 Å². The van der Waals surface area contributed by atoms with Crippen LogP contribution in [0.2, 0.25) is 5.02 Å². The Morgan fingerprint density at radius 1 is 1.00 bits per heavy atom. The van der Waals surface area contributed by atoms with E-state index in [0.717, 1.165) is 35.1 Å². The minimum atomic E-state index is -5.13. The van der Waals surface area contributed by atoms with Crippen LogP contribution in [-0.4, -0.2) is 29.6 Å². The summed E-state index contributed by atoms with van der Waals surface area (Å²) in [7, 11) is 0. The van der Waals surface area contributed by atoms with Crippen LogP contribution in [0.4, 0.5) is 32.0 Å². The van der Waals surface area contributed by atoms with Gasteiger partial charge in [-0.05, 0) is 79.1 Å². The number of alkyl halides is 6. The van der Waals surface area contributed by atoms with Crippen molar-refractivity contribution in [2.24, 2.45) is 23.7 Å². The van der Waals surface area contributed by atoms with Gasteiger partial charge < -0.3 is 9.84 Å². The highest BCUT2D eigenvalue weighted by molar-refractivity contribution is 6.32. The monoisotopic (exact) mass is 669 g/mol. The van der Waals surface area contributed by atoms with Crippen LogP contribution in [0, 0.1) is 23.7 Å². The summed E-state index contributed by atoms with van der Waals surface area (Å²) in [4.78, 5) is 28.0. The van der Waals surface area contributed by atoms with E-state index >= 15 is 0 Å². The van der Waals surface area contributed by atoms with E-state index in [2.05, 4.69) is 0 Å². The maximum absolute atomic E-state index is 13.8. The molecule has 2 aromatic rings. The second-order valence-electron chi connectivity index (χ2n) is 12.5. The predicted molar refractivity (Wildman–Crippen MR) is 161 cm³/mol. The van der Waals surface area contributed by atoms with Gasteiger partial charge in [-0.2, -0.15) is 26.3 Å².